The first-order valence-corrected chi connectivity index (χ1v) is 6.99. The zero-order valence-corrected chi connectivity index (χ0v) is 12.4. The summed E-state index contributed by atoms with van der Waals surface area (Å²) in [4.78, 5) is 10.6. The third-order valence-electron chi connectivity index (χ3n) is 3.08. The van der Waals surface area contributed by atoms with Gasteiger partial charge in [-0.05, 0) is 29.8 Å². The Morgan fingerprint density at radius 2 is 2.00 bits per heavy atom. The highest BCUT2D eigenvalue weighted by Crippen LogP contribution is 2.33. The standard InChI is InChI=1S/C14H11BrN2O4/c15-10-2-3-11(12(6-10)17(18)19)16-7-9-1-4-13-14(5-9)21-8-20-13/h1-6,16H,7-8H2. The van der Waals surface area contributed by atoms with Gasteiger partial charge in [0, 0.05) is 17.1 Å². The lowest BCUT2D eigenvalue weighted by Gasteiger charge is -2.08. The van der Waals surface area contributed by atoms with E-state index in [-0.39, 0.29) is 12.5 Å². The fraction of sp³-hybridized carbons (Fsp3) is 0.143. The smallest absolute Gasteiger partial charge is 0.293 e. The molecule has 0 spiro atoms. The fourth-order valence-electron chi connectivity index (χ4n) is 2.05. The topological polar surface area (TPSA) is 73.6 Å². The van der Waals surface area contributed by atoms with E-state index in [0.717, 1.165) is 5.56 Å². The number of fused-ring (bicyclic) bond motifs is 1. The molecule has 21 heavy (non-hydrogen) atoms. The lowest BCUT2D eigenvalue weighted by Crippen LogP contribution is -2.02. The molecule has 0 aliphatic carbocycles. The van der Waals surface area contributed by atoms with Gasteiger partial charge in [0.2, 0.25) is 6.79 Å². The van der Waals surface area contributed by atoms with Gasteiger partial charge in [0.05, 0.1) is 4.92 Å². The predicted molar refractivity (Wildman–Crippen MR) is 80.7 cm³/mol. The molecule has 0 radical (unpaired) electrons. The van der Waals surface area contributed by atoms with Crippen molar-refractivity contribution >= 4 is 27.3 Å². The summed E-state index contributed by atoms with van der Waals surface area (Å²) >= 11 is 3.23. The highest BCUT2D eigenvalue weighted by Gasteiger charge is 2.15. The molecule has 0 fully saturated rings. The zero-order chi connectivity index (χ0) is 14.8. The predicted octanol–water partition coefficient (Wildman–Crippen LogP) is 3.70. The zero-order valence-electron chi connectivity index (χ0n) is 10.8. The molecule has 0 unspecified atom stereocenters. The molecule has 1 N–H and O–H groups in total. The van der Waals surface area contributed by atoms with E-state index in [1.54, 1.807) is 12.1 Å². The number of nitrogens with one attached hydrogen (secondary N) is 1. The molecule has 0 atom stereocenters. The third kappa shape index (κ3) is 2.92. The Labute approximate surface area is 129 Å². The molecular weight excluding hydrogens is 340 g/mol. The van der Waals surface area contributed by atoms with E-state index in [4.69, 9.17) is 9.47 Å². The van der Waals surface area contributed by atoms with Crippen LogP contribution in [0.4, 0.5) is 11.4 Å². The second kappa shape index (κ2) is 5.61. The number of nitro benzene ring substituents is 1. The molecule has 0 aromatic heterocycles. The third-order valence-corrected chi connectivity index (χ3v) is 3.57. The molecule has 0 bridgehead atoms. The van der Waals surface area contributed by atoms with Gasteiger partial charge in [-0.25, -0.2) is 0 Å². The number of hydrogen-bond acceptors (Lipinski definition) is 5. The van der Waals surface area contributed by atoms with Gasteiger partial charge in [-0.15, -0.1) is 0 Å². The van der Waals surface area contributed by atoms with Gasteiger partial charge in [0.25, 0.3) is 5.69 Å². The summed E-state index contributed by atoms with van der Waals surface area (Å²) in [6.07, 6.45) is 0. The monoisotopic (exact) mass is 350 g/mol. The van der Waals surface area contributed by atoms with Crippen LogP contribution < -0.4 is 14.8 Å². The van der Waals surface area contributed by atoms with Gasteiger partial charge in [-0.3, -0.25) is 10.1 Å². The molecule has 1 heterocycles. The lowest BCUT2D eigenvalue weighted by atomic mass is 10.2. The fourth-order valence-corrected chi connectivity index (χ4v) is 2.40. The van der Waals surface area contributed by atoms with E-state index in [9.17, 15) is 10.1 Å². The number of halogens is 1. The van der Waals surface area contributed by atoms with Crippen molar-refractivity contribution in [2.24, 2.45) is 0 Å². The molecule has 2 aromatic carbocycles. The van der Waals surface area contributed by atoms with Crippen LogP contribution in [0.5, 0.6) is 11.5 Å². The van der Waals surface area contributed by atoms with Crippen molar-refractivity contribution in [1.82, 2.24) is 0 Å². The quantitative estimate of drug-likeness (QED) is 0.672. The van der Waals surface area contributed by atoms with Crippen LogP contribution in [0.1, 0.15) is 5.56 Å². The van der Waals surface area contributed by atoms with Crippen LogP contribution in [0.2, 0.25) is 0 Å². The molecule has 2 aromatic rings. The molecular formula is C14H11BrN2O4. The van der Waals surface area contributed by atoms with Crippen LogP contribution >= 0.6 is 15.9 Å². The van der Waals surface area contributed by atoms with Crippen LogP contribution in [0, 0.1) is 10.1 Å². The first kappa shape index (κ1) is 13.7. The largest absolute Gasteiger partial charge is 0.454 e. The van der Waals surface area contributed by atoms with Gasteiger partial charge in [-0.2, -0.15) is 0 Å². The molecule has 1 aliphatic rings. The highest BCUT2D eigenvalue weighted by atomic mass is 79.9. The van der Waals surface area contributed by atoms with Gasteiger partial charge in [-0.1, -0.05) is 22.0 Å². The molecule has 0 amide bonds. The SMILES string of the molecule is O=[N+]([O-])c1cc(Br)ccc1NCc1ccc2c(c1)OCO2. The number of nitro groups is 1. The van der Waals surface area contributed by atoms with Crippen molar-refractivity contribution in [1.29, 1.82) is 0 Å². The molecule has 0 saturated heterocycles. The maximum atomic E-state index is 11.0. The molecule has 108 valence electrons. The van der Waals surface area contributed by atoms with Crippen molar-refractivity contribution in [3.63, 3.8) is 0 Å². The number of benzene rings is 2. The van der Waals surface area contributed by atoms with Gasteiger partial charge in [0.1, 0.15) is 5.69 Å². The molecule has 7 heteroatoms. The van der Waals surface area contributed by atoms with Crippen molar-refractivity contribution in [3.8, 4) is 11.5 Å². The van der Waals surface area contributed by atoms with Crippen molar-refractivity contribution in [3.05, 3.63) is 56.5 Å². The van der Waals surface area contributed by atoms with Crippen molar-refractivity contribution in [2.75, 3.05) is 12.1 Å². The summed E-state index contributed by atoms with van der Waals surface area (Å²) in [7, 11) is 0. The van der Waals surface area contributed by atoms with Crippen LogP contribution in [-0.4, -0.2) is 11.7 Å². The van der Waals surface area contributed by atoms with Crippen molar-refractivity contribution in [2.45, 2.75) is 6.54 Å². The molecule has 6 nitrogen and oxygen atoms in total. The first-order chi connectivity index (χ1) is 10.1. The number of anilines is 1. The van der Waals surface area contributed by atoms with E-state index in [0.29, 0.717) is 28.2 Å². The second-order valence-electron chi connectivity index (χ2n) is 4.46. The van der Waals surface area contributed by atoms with Gasteiger partial charge >= 0.3 is 0 Å². The number of nitrogens with zero attached hydrogens (tertiary/aromatic N) is 1. The summed E-state index contributed by atoms with van der Waals surface area (Å²) in [5, 5.41) is 14.1. The normalized spacial score (nSPS) is 12.2. The summed E-state index contributed by atoms with van der Waals surface area (Å²) in [6, 6.07) is 10.5. The Hall–Kier alpha value is -2.28. The van der Waals surface area contributed by atoms with E-state index in [1.807, 2.05) is 18.2 Å². The Morgan fingerprint density at radius 3 is 2.81 bits per heavy atom. The second-order valence-corrected chi connectivity index (χ2v) is 5.38. The molecule has 1 aliphatic heterocycles. The first-order valence-electron chi connectivity index (χ1n) is 6.20. The maximum absolute atomic E-state index is 11.0. The average Bonchev–Trinajstić information content (AvgIpc) is 2.93. The molecule has 0 saturated carbocycles. The van der Waals surface area contributed by atoms with Crippen LogP contribution in [0.3, 0.4) is 0 Å². The van der Waals surface area contributed by atoms with Crippen LogP contribution in [-0.2, 0) is 6.54 Å². The summed E-state index contributed by atoms with van der Waals surface area (Å²) in [6.45, 7) is 0.684. The Kier molecular flexibility index (Phi) is 3.66. The number of hydrogen-bond donors (Lipinski definition) is 1. The molecule has 3 rings (SSSR count). The Bertz CT molecular complexity index is 705. The minimum Gasteiger partial charge on any atom is -0.454 e. The summed E-state index contributed by atoms with van der Waals surface area (Å²) < 4.78 is 11.2. The van der Waals surface area contributed by atoms with E-state index >= 15 is 0 Å². The van der Waals surface area contributed by atoms with Crippen molar-refractivity contribution < 1.29 is 14.4 Å². The minimum absolute atomic E-state index is 0.0325. The Balaban J connectivity index is 1.77. The number of ether oxygens (including phenoxy) is 2. The highest BCUT2D eigenvalue weighted by molar-refractivity contribution is 9.10. The number of rotatable bonds is 4. The van der Waals surface area contributed by atoms with E-state index in [1.165, 1.54) is 6.07 Å². The minimum atomic E-state index is -0.410. The summed E-state index contributed by atoms with van der Waals surface area (Å²) in [5.41, 5.74) is 1.46. The average molecular weight is 351 g/mol. The van der Waals surface area contributed by atoms with Gasteiger partial charge in [0.15, 0.2) is 11.5 Å². The maximum Gasteiger partial charge on any atom is 0.293 e. The van der Waals surface area contributed by atoms with Crippen LogP contribution in [0.25, 0.3) is 0 Å². The van der Waals surface area contributed by atoms with E-state index in [2.05, 4.69) is 21.2 Å². The van der Waals surface area contributed by atoms with Crippen LogP contribution in [0.15, 0.2) is 40.9 Å². The Morgan fingerprint density at radius 1 is 1.19 bits per heavy atom. The lowest BCUT2D eigenvalue weighted by molar-refractivity contribution is -0.384. The van der Waals surface area contributed by atoms with E-state index < -0.39 is 4.92 Å². The van der Waals surface area contributed by atoms with Gasteiger partial charge < -0.3 is 14.8 Å². The summed E-state index contributed by atoms with van der Waals surface area (Å²) in [5.74, 6) is 1.41.